The molecule has 0 aliphatic rings. The Morgan fingerprint density at radius 2 is 1.90 bits per heavy atom. The van der Waals surface area contributed by atoms with Crippen LogP contribution in [0.1, 0.15) is 20.9 Å². The monoisotopic (exact) mass is 275 g/mol. The number of carboxylic acid groups (broad SMARTS) is 1. The van der Waals surface area contributed by atoms with Gasteiger partial charge in [0, 0.05) is 18.8 Å². The molecule has 1 N–H and O–H groups in total. The van der Waals surface area contributed by atoms with Gasteiger partial charge >= 0.3 is 5.97 Å². The average Bonchev–Trinajstić information content (AvgIpc) is 2.96. The summed E-state index contributed by atoms with van der Waals surface area (Å²) in [5.74, 6) is -0.913. The van der Waals surface area contributed by atoms with Crippen molar-refractivity contribution in [3.63, 3.8) is 0 Å². The van der Waals surface area contributed by atoms with Crippen LogP contribution < -0.4 is 9.64 Å². The topological polar surface area (TPSA) is 80.0 Å². The highest BCUT2D eigenvalue weighted by molar-refractivity contribution is 6.05. The van der Waals surface area contributed by atoms with E-state index in [2.05, 4.69) is 0 Å². The summed E-state index contributed by atoms with van der Waals surface area (Å²) >= 11 is 0. The number of rotatable bonds is 4. The van der Waals surface area contributed by atoms with E-state index in [1.807, 2.05) is 0 Å². The maximum atomic E-state index is 12.1. The van der Waals surface area contributed by atoms with Crippen LogP contribution in [0.15, 0.2) is 41.0 Å². The first kappa shape index (κ1) is 13.7. The number of aromatic carboxylic acids is 1. The van der Waals surface area contributed by atoms with Crippen LogP contribution in [0.3, 0.4) is 0 Å². The summed E-state index contributed by atoms with van der Waals surface area (Å²) in [6, 6.07) is 8.09. The van der Waals surface area contributed by atoms with Crippen molar-refractivity contribution >= 4 is 17.6 Å². The second kappa shape index (κ2) is 5.48. The van der Waals surface area contributed by atoms with Crippen molar-refractivity contribution in [2.24, 2.45) is 0 Å². The van der Waals surface area contributed by atoms with Crippen molar-refractivity contribution in [1.82, 2.24) is 0 Å². The SMILES string of the molecule is COc1ccc(N(C)C(=O)c2cc(C(=O)O)co2)cc1. The number of amides is 1. The van der Waals surface area contributed by atoms with Crippen molar-refractivity contribution in [3.8, 4) is 5.75 Å². The summed E-state index contributed by atoms with van der Waals surface area (Å²) in [6.07, 6.45) is 1.04. The molecule has 1 aromatic carbocycles. The first-order chi connectivity index (χ1) is 9.52. The summed E-state index contributed by atoms with van der Waals surface area (Å²) in [5, 5.41) is 8.79. The maximum Gasteiger partial charge on any atom is 0.338 e. The number of furan rings is 1. The largest absolute Gasteiger partial charge is 0.497 e. The van der Waals surface area contributed by atoms with Crippen LogP contribution in [-0.2, 0) is 0 Å². The average molecular weight is 275 g/mol. The van der Waals surface area contributed by atoms with Gasteiger partial charge in [0.1, 0.15) is 12.0 Å². The van der Waals surface area contributed by atoms with E-state index in [-0.39, 0.29) is 11.3 Å². The summed E-state index contributed by atoms with van der Waals surface area (Å²) in [6.45, 7) is 0. The molecule has 0 fully saturated rings. The molecule has 6 heteroatoms. The molecule has 0 saturated heterocycles. The van der Waals surface area contributed by atoms with Gasteiger partial charge in [-0.3, -0.25) is 4.79 Å². The number of carbonyl (C=O) groups excluding carboxylic acids is 1. The number of hydrogen-bond donors (Lipinski definition) is 1. The summed E-state index contributed by atoms with van der Waals surface area (Å²) in [4.78, 5) is 24.3. The van der Waals surface area contributed by atoms with Gasteiger partial charge < -0.3 is 19.2 Å². The van der Waals surface area contributed by atoms with E-state index in [0.717, 1.165) is 6.26 Å². The van der Waals surface area contributed by atoms with Gasteiger partial charge in [-0.2, -0.15) is 0 Å². The van der Waals surface area contributed by atoms with Gasteiger partial charge in [-0.25, -0.2) is 4.79 Å². The molecule has 0 unspecified atom stereocenters. The first-order valence-electron chi connectivity index (χ1n) is 5.77. The number of benzene rings is 1. The van der Waals surface area contributed by atoms with Crippen LogP contribution in [0.4, 0.5) is 5.69 Å². The number of nitrogens with zero attached hydrogens (tertiary/aromatic N) is 1. The van der Waals surface area contributed by atoms with Gasteiger partial charge in [0.15, 0.2) is 5.76 Å². The molecular weight excluding hydrogens is 262 g/mol. The molecule has 0 atom stereocenters. The lowest BCUT2D eigenvalue weighted by molar-refractivity contribution is 0.0696. The normalized spacial score (nSPS) is 10.1. The number of carbonyl (C=O) groups is 2. The zero-order chi connectivity index (χ0) is 14.7. The van der Waals surface area contributed by atoms with E-state index in [1.54, 1.807) is 38.4 Å². The molecular formula is C14H13NO5. The Hall–Kier alpha value is -2.76. The molecule has 1 aromatic heterocycles. The third-order valence-corrected chi connectivity index (χ3v) is 2.82. The van der Waals surface area contributed by atoms with E-state index in [1.165, 1.54) is 11.0 Å². The third kappa shape index (κ3) is 2.64. The molecule has 0 bridgehead atoms. The van der Waals surface area contributed by atoms with E-state index in [4.69, 9.17) is 14.3 Å². The van der Waals surface area contributed by atoms with Crippen LogP contribution in [0.5, 0.6) is 5.75 Å². The molecule has 0 spiro atoms. The Labute approximate surface area is 115 Å². The maximum absolute atomic E-state index is 12.1. The number of anilines is 1. The molecule has 6 nitrogen and oxygen atoms in total. The van der Waals surface area contributed by atoms with Gasteiger partial charge in [-0.05, 0) is 24.3 Å². The standard InChI is InChI=1S/C14H13NO5/c1-15(10-3-5-11(19-2)6-4-10)13(16)12-7-9(8-20-12)14(17)18/h3-8H,1-2H3,(H,17,18). The summed E-state index contributed by atoms with van der Waals surface area (Å²) in [5.41, 5.74) is 0.584. The summed E-state index contributed by atoms with van der Waals surface area (Å²) < 4.78 is 10.0. The van der Waals surface area contributed by atoms with Crippen molar-refractivity contribution in [2.75, 3.05) is 19.1 Å². The molecule has 2 rings (SSSR count). The zero-order valence-corrected chi connectivity index (χ0v) is 11.0. The van der Waals surface area contributed by atoms with Crippen LogP contribution in [-0.4, -0.2) is 31.1 Å². The highest BCUT2D eigenvalue weighted by Gasteiger charge is 2.19. The number of methoxy groups -OCH3 is 1. The Bertz CT molecular complexity index is 629. The second-order valence-electron chi connectivity index (χ2n) is 4.07. The Balaban J connectivity index is 2.20. The molecule has 0 aliphatic heterocycles. The van der Waals surface area contributed by atoms with Gasteiger partial charge in [-0.1, -0.05) is 0 Å². The van der Waals surface area contributed by atoms with Gasteiger partial charge in [0.2, 0.25) is 0 Å². The predicted molar refractivity (Wildman–Crippen MR) is 71.4 cm³/mol. The first-order valence-corrected chi connectivity index (χ1v) is 5.77. The zero-order valence-electron chi connectivity index (χ0n) is 11.0. The van der Waals surface area contributed by atoms with Crippen molar-refractivity contribution in [3.05, 3.63) is 47.9 Å². The molecule has 1 heterocycles. The fourth-order valence-corrected chi connectivity index (χ4v) is 1.65. The number of hydrogen-bond acceptors (Lipinski definition) is 4. The highest BCUT2D eigenvalue weighted by Crippen LogP contribution is 2.20. The molecule has 0 saturated carbocycles. The van der Waals surface area contributed by atoms with Gasteiger partial charge in [-0.15, -0.1) is 0 Å². The van der Waals surface area contributed by atoms with Crippen molar-refractivity contribution < 1.29 is 23.8 Å². The van der Waals surface area contributed by atoms with E-state index >= 15 is 0 Å². The minimum Gasteiger partial charge on any atom is -0.497 e. The van der Waals surface area contributed by atoms with Crippen LogP contribution in [0.25, 0.3) is 0 Å². The lowest BCUT2D eigenvalue weighted by atomic mass is 10.2. The minimum atomic E-state index is -1.14. The van der Waals surface area contributed by atoms with E-state index in [0.29, 0.717) is 11.4 Å². The Morgan fingerprint density at radius 1 is 1.25 bits per heavy atom. The van der Waals surface area contributed by atoms with Crippen LogP contribution in [0.2, 0.25) is 0 Å². The highest BCUT2D eigenvalue weighted by atomic mass is 16.5. The molecule has 0 radical (unpaired) electrons. The quantitative estimate of drug-likeness (QED) is 0.925. The number of carboxylic acids is 1. The summed E-state index contributed by atoms with van der Waals surface area (Å²) in [7, 11) is 3.13. The fourth-order valence-electron chi connectivity index (χ4n) is 1.65. The van der Waals surface area contributed by atoms with E-state index < -0.39 is 11.9 Å². The lowest BCUT2D eigenvalue weighted by Crippen LogP contribution is -2.25. The minimum absolute atomic E-state index is 0.0271. The van der Waals surface area contributed by atoms with Crippen LogP contribution in [0, 0.1) is 0 Å². The Kier molecular flexibility index (Phi) is 3.74. The smallest absolute Gasteiger partial charge is 0.338 e. The van der Waals surface area contributed by atoms with E-state index in [9.17, 15) is 9.59 Å². The Morgan fingerprint density at radius 3 is 2.40 bits per heavy atom. The van der Waals surface area contributed by atoms with Gasteiger partial charge in [0.05, 0.1) is 12.7 Å². The third-order valence-electron chi connectivity index (χ3n) is 2.82. The second-order valence-corrected chi connectivity index (χ2v) is 4.07. The lowest BCUT2D eigenvalue weighted by Gasteiger charge is -2.16. The fraction of sp³-hybridized carbons (Fsp3) is 0.143. The number of ether oxygens (including phenoxy) is 1. The predicted octanol–water partition coefficient (Wildman–Crippen LogP) is 2.26. The van der Waals surface area contributed by atoms with Crippen molar-refractivity contribution in [2.45, 2.75) is 0 Å². The van der Waals surface area contributed by atoms with Crippen LogP contribution >= 0.6 is 0 Å². The molecule has 20 heavy (non-hydrogen) atoms. The van der Waals surface area contributed by atoms with Crippen molar-refractivity contribution in [1.29, 1.82) is 0 Å². The molecule has 2 aromatic rings. The molecule has 0 aliphatic carbocycles. The van der Waals surface area contributed by atoms with Gasteiger partial charge in [0.25, 0.3) is 5.91 Å². The molecule has 104 valence electrons. The molecule has 1 amide bonds.